The number of carbonyl (C=O) groups excluding carboxylic acids is 1. The summed E-state index contributed by atoms with van der Waals surface area (Å²) in [5, 5.41) is 10.6. The summed E-state index contributed by atoms with van der Waals surface area (Å²) in [5.41, 5.74) is 0. The molecule has 6 nitrogen and oxygen atoms in total. The topological polar surface area (TPSA) is 84.9 Å². The zero-order valence-electron chi connectivity index (χ0n) is 7.36. The predicted molar refractivity (Wildman–Crippen MR) is 43.1 cm³/mol. The van der Waals surface area contributed by atoms with Gasteiger partial charge >= 0.3 is 12.1 Å². The van der Waals surface area contributed by atoms with Crippen molar-refractivity contribution in [3.63, 3.8) is 0 Å². The van der Waals surface area contributed by atoms with Crippen molar-refractivity contribution in [2.24, 2.45) is 0 Å². The van der Waals surface area contributed by atoms with Crippen molar-refractivity contribution >= 4 is 12.1 Å². The lowest BCUT2D eigenvalue weighted by Gasteiger charge is -2.14. The third-order valence-corrected chi connectivity index (χ3v) is 1.28. The van der Waals surface area contributed by atoms with Crippen LogP contribution in [0.15, 0.2) is 12.3 Å². The third-order valence-electron chi connectivity index (χ3n) is 1.28. The normalized spacial score (nSPS) is 11.2. The quantitative estimate of drug-likeness (QED) is 0.606. The summed E-state index contributed by atoms with van der Waals surface area (Å²) in [7, 11) is 2.39. The Hall–Kier alpha value is -1.72. The average Bonchev–Trinajstić information content (AvgIpc) is 2.11. The highest BCUT2D eigenvalue weighted by Gasteiger charge is 2.24. The summed E-state index contributed by atoms with van der Waals surface area (Å²) in [6.07, 6.45) is -0.856. The van der Waals surface area contributed by atoms with Gasteiger partial charge in [-0.15, -0.1) is 0 Å². The molecule has 0 saturated carbocycles. The molecule has 0 aliphatic rings. The van der Waals surface area contributed by atoms with Gasteiger partial charge in [0.15, 0.2) is 6.04 Å². The van der Waals surface area contributed by atoms with Crippen molar-refractivity contribution in [3.8, 4) is 0 Å². The molecule has 0 aromatic rings. The zero-order chi connectivity index (χ0) is 10.4. The number of methoxy groups -OCH3 is 2. The minimum atomic E-state index is -1.29. The Morgan fingerprint density at radius 1 is 1.38 bits per heavy atom. The molecule has 0 saturated heterocycles. The molecule has 13 heavy (non-hydrogen) atoms. The van der Waals surface area contributed by atoms with Crippen LogP contribution in [0.25, 0.3) is 0 Å². The van der Waals surface area contributed by atoms with Crippen molar-refractivity contribution in [1.29, 1.82) is 0 Å². The largest absolute Gasteiger partial charge is 0.499 e. The number of aliphatic carboxylic acids is 1. The second-order valence-corrected chi connectivity index (χ2v) is 2.08. The van der Waals surface area contributed by atoms with E-state index in [1.807, 2.05) is 5.32 Å². The monoisotopic (exact) mass is 189 g/mol. The van der Waals surface area contributed by atoms with E-state index in [0.29, 0.717) is 0 Å². The lowest BCUT2D eigenvalue weighted by molar-refractivity contribution is -0.139. The molecule has 0 aromatic carbocycles. The van der Waals surface area contributed by atoms with Crippen molar-refractivity contribution in [3.05, 3.63) is 12.3 Å². The SMILES string of the molecule is C=C(OC)[C@H](NC(=O)OC)C(=O)O. The fourth-order valence-electron chi connectivity index (χ4n) is 0.575. The van der Waals surface area contributed by atoms with E-state index in [1.54, 1.807) is 0 Å². The molecule has 0 aromatic heterocycles. The molecular formula is C7H11NO5. The van der Waals surface area contributed by atoms with Crippen LogP contribution in [-0.4, -0.2) is 37.4 Å². The summed E-state index contributed by atoms with van der Waals surface area (Å²) in [5.74, 6) is -1.34. The molecular weight excluding hydrogens is 178 g/mol. The highest BCUT2D eigenvalue weighted by molar-refractivity contribution is 5.82. The lowest BCUT2D eigenvalue weighted by Crippen LogP contribution is -2.42. The smallest absolute Gasteiger partial charge is 0.407 e. The Bertz CT molecular complexity index is 225. The van der Waals surface area contributed by atoms with Gasteiger partial charge in [-0.25, -0.2) is 9.59 Å². The van der Waals surface area contributed by atoms with Gasteiger partial charge in [-0.05, 0) is 0 Å². The van der Waals surface area contributed by atoms with Gasteiger partial charge in [-0.3, -0.25) is 0 Å². The number of ether oxygens (including phenoxy) is 2. The Labute approximate surface area is 75.1 Å². The molecule has 0 heterocycles. The average molecular weight is 189 g/mol. The van der Waals surface area contributed by atoms with Gasteiger partial charge in [-0.2, -0.15) is 0 Å². The van der Waals surface area contributed by atoms with Gasteiger partial charge in [0.1, 0.15) is 5.76 Å². The molecule has 0 bridgehead atoms. The van der Waals surface area contributed by atoms with Gasteiger partial charge in [0, 0.05) is 0 Å². The fourth-order valence-corrected chi connectivity index (χ4v) is 0.575. The van der Waals surface area contributed by atoms with E-state index < -0.39 is 18.1 Å². The Kier molecular flexibility index (Phi) is 4.36. The number of alkyl carbamates (subject to hydrolysis) is 1. The lowest BCUT2D eigenvalue weighted by atomic mass is 10.2. The van der Waals surface area contributed by atoms with Gasteiger partial charge in [-0.1, -0.05) is 6.58 Å². The first-order valence-electron chi connectivity index (χ1n) is 3.33. The van der Waals surface area contributed by atoms with Crippen LogP contribution in [0.5, 0.6) is 0 Å². The van der Waals surface area contributed by atoms with Gasteiger partial charge < -0.3 is 19.9 Å². The molecule has 0 fully saturated rings. The maximum Gasteiger partial charge on any atom is 0.407 e. The maximum atomic E-state index is 10.7. The standard InChI is InChI=1S/C7H11NO5/c1-4(12-2)5(6(9)10)8-7(11)13-3/h5H,1H2,2-3H3,(H,8,11)(H,9,10)/t5-/m0/s1. The van der Waals surface area contributed by atoms with Crippen LogP contribution in [0.2, 0.25) is 0 Å². The number of carboxylic acids is 1. The summed E-state index contributed by atoms with van der Waals surface area (Å²) >= 11 is 0. The second kappa shape index (κ2) is 5.02. The van der Waals surface area contributed by atoms with Crippen molar-refractivity contribution in [1.82, 2.24) is 5.32 Å². The van der Waals surface area contributed by atoms with Gasteiger partial charge in [0.2, 0.25) is 0 Å². The van der Waals surface area contributed by atoms with E-state index in [9.17, 15) is 9.59 Å². The van der Waals surface area contributed by atoms with Crippen LogP contribution in [0.4, 0.5) is 4.79 Å². The highest BCUT2D eigenvalue weighted by atomic mass is 16.5. The maximum absolute atomic E-state index is 10.7. The van der Waals surface area contributed by atoms with E-state index in [4.69, 9.17) is 5.11 Å². The predicted octanol–water partition coefficient (Wildman–Crippen LogP) is -0.0443. The molecule has 0 spiro atoms. The summed E-state index contributed by atoms with van der Waals surface area (Å²) in [6, 6.07) is -1.29. The van der Waals surface area contributed by atoms with E-state index in [-0.39, 0.29) is 5.76 Å². The highest BCUT2D eigenvalue weighted by Crippen LogP contribution is 2.00. The van der Waals surface area contributed by atoms with E-state index >= 15 is 0 Å². The first-order valence-corrected chi connectivity index (χ1v) is 3.33. The number of nitrogens with one attached hydrogen (secondary N) is 1. The molecule has 0 unspecified atom stereocenters. The number of carbonyl (C=O) groups is 2. The van der Waals surface area contributed by atoms with Crippen LogP contribution >= 0.6 is 0 Å². The van der Waals surface area contributed by atoms with E-state index in [0.717, 1.165) is 7.11 Å². The summed E-state index contributed by atoms with van der Waals surface area (Å²) < 4.78 is 8.79. The molecule has 6 heteroatoms. The summed E-state index contributed by atoms with van der Waals surface area (Å²) in [6.45, 7) is 3.31. The van der Waals surface area contributed by atoms with Crippen LogP contribution < -0.4 is 5.32 Å². The van der Waals surface area contributed by atoms with Crippen LogP contribution in [0, 0.1) is 0 Å². The van der Waals surface area contributed by atoms with Crippen LogP contribution in [0.3, 0.4) is 0 Å². The van der Waals surface area contributed by atoms with Gasteiger partial charge in [0.25, 0.3) is 0 Å². The first kappa shape index (κ1) is 11.3. The Balaban J connectivity index is 4.35. The minimum Gasteiger partial charge on any atom is -0.499 e. The van der Waals surface area contributed by atoms with Crippen molar-refractivity contribution in [2.45, 2.75) is 6.04 Å². The molecule has 1 amide bonds. The molecule has 1 atom stereocenters. The third kappa shape index (κ3) is 3.46. The first-order chi connectivity index (χ1) is 6.02. The zero-order valence-corrected chi connectivity index (χ0v) is 7.36. The van der Waals surface area contributed by atoms with E-state index in [1.165, 1.54) is 7.11 Å². The van der Waals surface area contributed by atoms with Crippen molar-refractivity contribution < 1.29 is 24.2 Å². The Morgan fingerprint density at radius 3 is 2.23 bits per heavy atom. The molecule has 2 N–H and O–H groups in total. The number of amides is 1. The number of carboxylic acid groups (broad SMARTS) is 1. The molecule has 0 radical (unpaired) electrons. The van der Waals surface area contributed by atoms with Crippen molar-refractivity contribution in [2.75, 3.05) is 14.2 Å². The van der Waals surface area contributed by atoms with E-state index in [2.05, 4.69) is 16.1 Å². The second-order valence-electron chi connectivity index (χ2n) is 2.08. The van der Waals surface area contributed by atoms with Gasteiger partial charge in [0.05, 0.1) is 14.2 Å². The number of hydrogen-bond acceptors (Lipinski definition) is 4. The fraction of sp³-hybridized carbons (Fsp3) is 0.429. The molecule has 0 aliphatic carbocycles. The summed E-state index contributed by atoms with van der Waals surface area (Å²) in [4.78, 5) is 21.2. The number of hydrogen-bond donors (Lipinski definition) is 2. The Morgan fingerprint density at radius 2 is 1.92 bits per heavy atom. The van der Waals surface area contributed by atoms with Crippen LogP contribution in [0.1, 0.15) is 0 Å². The minimum absolute atomic E-state index is 0.0714. The molecule has 74 valence electrons. The molecule has 0 rings (SSSR count). The van der Waals surface area contributed by atoms with Crippen LogP contribution in [-0.2, 0) is 14.3 Å². The number of rotatable bonds is 4. The molecule has 0 aliphatic heterocycles.